The summed E-state index contributed by atoms with van der Waals surface area (Å²) < 4.78 is 8.73. The van der Waals surface area contributed by atoms with Crippen molar-refractivity contribution in [1.29, 1.82) is 0 Å². The van der Waals surface area contributed by atoms with Gasteiger partial charge in [0.25, 0.3) is 0 Å². The van der Waals surface area contributed by atoms with Crippen LogP contribution in [-0.2, 0) is 31.9 Å². The number of para-hydroxylation sites is 4. The summed E-state index contributed by atoms with van der Waals surface area (Å²) in [5, 5.41) is 3.69. The molecule has 0 aliphatic heterocycles. The van der Waals surface area contributed by atoms with E-state index in [2.05, 4.69) is 184 Å². The molecule has 0 aliphatic rings. The van der Waals surface area contributed by atoms with Crippen LogP contribution < -0.4 is 5.19 Å². The molecule has 0 atom stereocenters. The Morgan fingerprint density at radius 1 is 0.763 bits per heavy atom. The number of nitrogens with zero attached hydrogens (tertiary/aromatic N) is 3. The van der Waals surface area contributed by atoms with Gasteiger partial charge in [-0.2, -0.15) is 0 Å². The summed E-state index contributed by atoms with van der Waals surface area (Å²) in [6, 6.07) is 43.0. The Morgan fingerprint density at radius 3 is 2.07 bits per heavy atom. The first kappa shape index (κ1) is 44.0. The van der Waals surface area contributed by atoms with E-state index in [4.69, 9.17) is 14.4 Å². The topological polar surface area (TPSA) is 43.9 Å². The van der Waals surface area contributed by atoms with Crippen molar-refractivity contribution >= 4 is 46.2 Å². The minimum atomic E-state index is -1.38. The van der Waals surface area contributed by atoms with E-state index in [-0.39, 0.29) is 25.5 Å². The Bertz CT molecular complexity index is 2680. The molecule has 0 spiro atoms. The van der Waals surface area contributed by atoms with E-state index in [1.807, 2.05) is 24.3 Å². The number of rotatable bonds is 8. The number of pyridine rings is 1. The predicted octanol–water partition coefficient (Wildman–Crippen LogP) is 14.2. The van der Waals surface area contributed by atoms with E-state index in [9.17, 15) is 0 Å². The normalized spacial score (nSPS) is 12.1. The van der Waals surface area contributed by atoms with Crippen molar-refractivity contribution in [1.82, 2.24) is 14.5 Å². The SMILES string of the molecule is CC(C)Cc1cc(-c2[c-]cc(C(C)(C)C)cc2)ncc1[Si](C)(C)C.CC(C)c1cccc(C(C)C)c1-n1c(-c2[c-]ccc3c2oc2ccccc23)nc2ccccc21.[Ir]. The van der Waals surface area contributed by atoms with Gasteiger partial charge in [0.1, 0.15) is 5.58 Å². The number of imidazole rings is 1. The minimum Gasteiger partial charge on any atom is -0.501 e. The number of hydrogen-bond acceptors (Lipinski definition) is 3. The van der Waals surface area contributed by atoms with E-state index in [1.165, 1.54) is 33.1 Å². The second kappa shape index (κ2) is 17.5. The Labute approximate surface area is 366 Å². The molecule has 8 rings (SSSR count). The van der Waals surface area contributed by atoms with Crippen LogP contribution in [0.1, 0.15) is 96.4 Å². The van der Waals surface area contributed by atoms with Crippen molar-refractivity contribution in [2.24, 2.45) is 5.92 Å². The zero-order chi connectivity index (χ0) is 41.5. The first-order valence-electron chi connectivity index (χ1n) is 21.0. The number of aromatic nitrogens is 3. The molecule has 0 unspecified atom stereocenters. The van der Waals surface area contributed by atoms with Gasteiger partial charge < -0.3 is 14.0 Å². The van der Waals surface area contributed by atoms with Gasteiger partial charge in [-0.05, 0) is 69.8 Å². The second-order valence-electron chi connectivity index (χ2n) is 18.9. The molecule has 0 saturated carbocycles. The van der Waals surface area contributed by atoms with Gasteiger partial charge in [-0.1, -0.05) is 153 Å². The van der Waals surface area contributed by atoms with E-state index in [0.29, 0.717) is 17.8 Å². The Hall–Kier alpha value is -4.61. The Kier molecular flexibility index (Phi) is 13.1. The van der Waals surface area contributed by atoms with Crippen LogP contribution >= 0.6 is 0 Å². The fourth-order valence-electron chi connectivity index (χ4n) is 8.03. The fourth-order valence-corrected chi connectivity index (χ4v) is 9.62. The van der Waals surface area contributed by atoms with Crippen LogP contribution in [0.25, 0.3) is 61.3 Å². The number of hydrogen-bond donors (Lipinski definition) is 0. The summed E-state index contributed by atoms with van der Waals surface area (Å²) >= 11 is 0. The summed E-state index contributed by atoms with van der Waals surface area (Å²) in [4.78, 5) is 9.93. The molecule has 0 saturated heterocycles. The van der Waals surface area contributed by atoms with Gasteiger partial charge in [0.05, 0.1) is 30.5 Å². The molecule has 3 heterocycles. The van der Waals surface area contributed by atoms with Gasteiger partial charge in [-0.25, -0.2) is 0 Å². The van der Waals surface area contributed by atoms with Crippen molar-refractivity contribution in [2.45, 2.75) is 106 Å². The van der Waals surface area contributed by atoms with Crippen LogP contribution in [0.4, 0.5) is 0 Å². The van der Waals surface area contributed by atoms with Gasteiger partial charge in [0, 0.05) is 37.4 Å². The van der Waals surface area contributed by atoms with Crippen molar-refractivity contribution in [3.05, 3.63) is 144 Å². The van der Waals surface area contributed by atoms with Gasteiger partial charge in [0.2, 0.25) is 0 Å². The zero-order valence-corrected chi connectivity index (χ0v) is 40.3. The molecule has 307 valence electrons. The molecular formula is C53H59IrN3OSi-2. The third kappa shape index (κ3) is 9.11. The minimum absolute atomic E-state index is 0. The van der Waals surface area contributed by atoms with Crippen molar-refractivity contribution in [3.8, 4) is 28.3 Å². The van der Waals surface area contributed by atoms with Gasteiger partial charge in [-0.3, -0.25) is 4.98 Å². The summed E-state index contributed by atoms with van der Waals surface area (Å²) in [7, 11) is -1.38. The Morgan fingerprint density at radius 2 is 1.44 bits per heavy atom. The second-order valence-corrected chi connectivity index (χ2v) is 23.9. The maximum Gasteiger partial charge on any atom is 0.120 e. The maximum absolute atomic E-state index is 6.40. The molecule has 0 N–H and O–H groups in total. The van der Waals surface area contributed by atoms with Gasteiger partial charge in [-0.15, -0.1) is 53.6 Å². The van der Waals surface area contributed by atoms with E-state index in [1.54, 1.807) is 0 Å². The first-order chi connectivity index (χ1) is 27.5. The van der Waals surface area contributed by atoms with E-state index >= 15 is 0 Å². The van der Waals surface area contributed by atoms with Crippen LogP contribution in [0.3, 0.4) is 0 Å². The van der Waals surface area contributed by atoms with E-state index < -0.39 is 8.07 Å². The molecule has 3 aromatic heterocycles. The number of fused-ring (bicyclic) bond motifs is 4. The molecule has 1 radical (unpaired) electrons. The summed E-state index contributed by atoms with van der Waals surface area (Å²) in [5.41, 5.74) is 13.6. The molecule has 59 heavy (non-hydrogen) atoms. The molecule has 6 heteroatoms. The van der Waals surface area contributed by atoms with E-state index in [0.717, 1.165) is 62.0 Å². The molecule has 0 bridgehead atoms. The Balaban J connectivity index is 0.000000208. The molecule has 0 aliphatic carbocycles. The third-order valence-corrected chi connectivity index (χ3v) is 13.1. The van der Waals surface area contributed by atoms with Crippen LogP contribution in [-0.4, -0.2) is 22.6 Å². The smallest absolute Gasteiger partial charge is 0.120 e. The number of benzene rings is 5. The standard InChI is InChI=1S/C31H27N2O.C22H32NSi.Ir/c1-19(2)21-12-9-13-22(20(3)4)29(21)33-27-17-7-6-16-26(27)32-31(33)25-15-10-14-24-23-11-5-8-18-28(23)34-30(24)25;1-16(2)13-18-14-20(23-15-21(18)24(6,7)8)17-9-11-19(12-10-17)22(3,4)5;/h5-14,16-20H,1-4H3;9,11-12,14-16H,13H2,1-8H3;/q2*-1;. The molecule has 8 aromatic rings. The van der Waals surface area contributed by atoms with Gasteiger partial charge in [0.15, 0.2) is 0 Å². The molecule has 0 amide bonds. The first-order valence-corrected chi connectivity index (χ1v) is 24.5. The van der Waals surface area contributed by atoms with Crippen molar-refractivity contribution < 1.29 is 24.5 Å². The average molecular weight is 974 g/mol. The largest absolute Gasteiger partial charge is 0.501 e. The van der Waals surface area contributed by atoms with Crippen LogP contribution in [0.15, 0.2) is 114 Å². The summed E-state index contributed by atoms with van der Waals surface area (Å²) in [6.45, 7) is 27.5. The molecule has 5 aromatic carbocycles. The monoisotopic (exact) mass is 974 g/mol. The summed E-state index contributed by atoms with van der Waals surface area (Å²) in [5.74, 6) is 2.26. The maximum atomic E-state index is 6.40. The molecule has 0 fully saturated rings. The summed E-state index contributed by atoms with van der Waals surface area (Å²) in [6.07, 6.45) is 3.25. The van der Waals surface area contributed by atoms with Crippen LogP contribution in [0, 0.1) is 18.1 Å². The average Bonchev–Trinajstić information content (AvgIpc) is 3.75. The van der Waals surface area contributed by atoms with Crippen molar-refractivity contribution in [2.75, 3.05) is 0 Å². The molecule has 4 nitrogen and oxygen atoms in total. The van der Waals surface area contributed by atoms with Gasteiger partial charge >= 0.3 is 0 Å². The quantitative estimate of drug-likeness (QED) is 0.113. The van der Waals surface area contributed by atoms with Crippen LogP contribution in [0.5, 0.6) is 0 Å². The predicted molar refractivity (Wildman–Crippen MR) is 250 cm³/mol. The number of furan rings is 1. The zero-order valence-electron chi connectivity index (χ0n) is 36.9. The molecular weight excluding hydrogens is 915 g/mol. The van der Waals surface area contributed by atoms with Crippen molar-refractivity contribution in [3.63, 3.8) is 0 Å². The van der Waals surface area contributed by atoms with Crippen LogP contribution in [0.2, 0.25) is 19.6 Å². The fraction of sp³-hybridized carbons (Fsp3) is 0.321. The third-order valence-electron chi connectivity index (χ3n) is 11.1.